The zero-order valence-electron chi connectivity index (χ0n) is 21.7. The number of rotatable bonds is 9. The average Bonchev–Trinajstić information content (AvgIpc) is 2.90. The normalized spacial score (nSPS) is 11.6. The van der Waals surface area contributed by atoms with Crippen LogP contribution < -0.4 is 14.3 Å². The van der Waals surface area contributed by atoms with Gasteiger partial charge in [-0.05, 0) is 92.1 Å². The van der Waals surface area contributed by atoms with Gasteiger partial charge in [0.2, 0.25) is 5.91 Å². The van der Waals surface area contributed by atoms with Crippen molar-refractivity contribution in [1.29, 1.82) is 0 Å². The summed E-state index contributed by atoms with van der Waals surface area (Å²) in [5.41, 5.74) is 3.86. The zero-order chi connectivity index (χ0) is 28.2. The summed E-state index contributed by atoms with van der Waals surface area (Å²) >= 11 is 0. The van der Waals surface area contributed by atoms with Crippen LogP contribution in [0.4, 0.5) is 17.1 Å². The molecule has 0 saturated heterocycles. The fourth-order valence-electron chi connectivity index (χ4n) is 3.93. The van der Waals surface area contributed by atoms with Crippen molar-refractivity contribution in [3.63, 3.8) is 0 Å². The molecule has 10 heteroatoms. The van der Waals surface area contributed by atoms with Crippen molar-refractivity contribution >= 4 is 43.0 Å². The second-order valence-corrected chi connectivity index (χ2v) is 12.6. The first kappa shape index (κ1) is 27.9. The summed E-state index contributed by atoms with van der Waals surface area (Å²) in [7, 11) is -7.89. The van der Waals surface area contributed by atoms with Crippen molar-refractivity contribution in [1.82, 2.24) is 0 Å². The smallest absolute Gasteiger partial charge is 0.264 e. The Morgan fingerprint density at radius 1 is 0.667 bits per heavy atom. The molecule has 0 aliphatic carbocycles. The molecule has 0 bridgehead atoms. The molecule has 0 fully saturated rings. The summed E-state index contributed by atoms with van der Waals surface area (Å²) in [5.74, 6) is -0.582. The van der Waals surface area contributed by atoms with E-state index in [-0.39, 0.29) is 9.79 Å². The molecule has 4 aromatic rings. The van der Waals surface area contributed by atoms with Crippen molar-refractivity contribution < 1.29 is 21.6 Å². The van der Waals surface area contributed by atoms with Gasteiger partial charge in [0.15, 0.2) is 0 Å². The number of hydrogen-bond donors (Lipinski definition) is 2. The molecule has 4 aromatic carbocycles. The molecule has 0 heterocycles. The van der Waals surface area contributed by atoms with Crippen LogP contribution in [0.15, 0.2) is 107 Å². The minimum atomic E-state index is -4.04. The lowest BCUT2D eigenvalue weighted by Crippen LogP contribution is -2.38. The van der Waals surface area contributed by atoms with Crippen molar-refractivity contribution in [2.24, 2.45) is 0 Å². The van der Waals surface area contributed by atoms with E-state index in [1.807, 2.05) is 19.9 Å². The Kier molecular flexibility index (Phi) is 8.08. The lowest BCUT2D eigenvalue weighted by atomic mass is 10.1. The van der Waals surface area contributed by atoms with Gasteiger partial charge in [0, 0.05) is 11.4 Å². The molecule has 0 aromatic heterocycles. The number of nitrogens with zero attached hydrogens (tertiary/aromatic N) is 1. The highest BCUT2D eigenvalue weighted by molar-refractivity contribution is 7.93. The van der Waals surface area contributed by atoms with Crippen LogP contribution >= 0.6 is 0 Å². The van der Waals surface area contributed by atoms with Gasteiger partial charge >= 0.3 is 0 Å². The highest BCUT2D eigenvalue weighted by Crippen LogP contribution is 2.27. The predicted molar refractivity (Wildman–Crippen MR) is 154 cm³/mol. The fourth-order valence-corrected chi connectivity index (χ4v) is 6.49. The summed E-state index contributed by atoms with van der Waals surface area (Å²) in [6, 6.07) is 25.8. The van der Waals surface area contributed by atoms with Crippen LogP contribution in [0, 0.1) is 20.8 Å². The molecule has 0 unspecified atom stereocenters. The monoisotopic (exact) mass is 563 g/mol. The van der Waals surface area contributed by atoms with E-state index in [2.05, 4.69) is 10.0 Å². The van der Waals surface area contributed by atoms with Crippen LogP contribution in [-0.2, 0) is 24.8 Å². The Labute approximate surface area is 229 Å². The lowest BCUT2D eigenvalue weighted by molar-refractivity contribution is -0.114. The topological polar surface area (TPSA) is 113 Å². The van der Waals surface area contributed by atoms with Crippen LogP contribution in [0.2, 0.25) is 0 Å². The number of sulfonamides is 2. The number of carbonyl (C=O) groups excluding carboxylic acids is 1. The molecule has 0 aliphatic rings. The molecule has 0 aliphatic heterocycles. The average molecular weight is 564 g/mol. The maximum atomic E-state index is 13.5. The van der Waals surface area contributed by atoms with Crippen LogP contribution in [0.1, 0.15) is 16.7 Å². The minimum Gasteiger partial charge on any atom is -0.325 e. The van der Waals surface area contributed by atoms with Crippen LogP contribution in [0.3, 0.4) is 0 Å². The summed E-state index contributed by atoms with van der Waals surface area (Å²) in [6.07, 6.45) is 0. The standard InChI is InChI=1S/C29H29N3O5S2/c1-21-13-14-25(19-23(21)3)31-38(34,35)26-17-15-24(16-18-26)30-29(33)20-32(28-12-8-7-9-22(28)2)39(36,37)27-10-5-4-6-11-27/h4-19,31H,20H2,1-3H3,(H,30,33). The molecule has 4 rings (SSSR count). The molecule has 0 saturated carbocycles. The Morgan fingerprint density at radius 3 is 1.92 bits per heavy atom. The molecule has 0 atom stereocenters. The maximum absolute atomic E-state index is 13.5. The van der Waals surface area contributed by atoms with Gasteiger partial charge in [0.05, 0.1) is 15.5 Å². The summed E-state index contributed by atoms with van der Waals surface area (Å²) in [6.45, 7) is 5.14. The molecule has 0 radical (unpaired) electrons. The van der Waals surface area contributed by atoms with Gasteiger partial charge in [-0.15, -0.1) is 0 Å². The Morgan fingerprint density at radius 2 is 1.28 bits per heavy atom. The Hall–Kier alpha value is -4.15. The van der Waals surface area contributed by atoms with Crippen molar-refractivity contribution in [2.75, 3.05) is 20.9 Å². The molecule has 0 spiro atoms. The molecule has 1 amide bonds. The Balaban J connectivity index is 1.52. The molecule has 2 N–H and O–H groups in total. The van der Waals surface area contributed by atoms with Crippen molar-refractivity contribution in [2.45, 2.75) is 30.6 Å². The van der Waals surface area contributed by atoms with E-state index in [1.165, 1.54) is 36.4 Å². The van der Waals surface area contributed by atoms with Crippen molar-refractivity contribution in [3.05, 3.63) is 114 Å². The van der Waals surface area contributed by atoms with Gasteiger partial charge in [-0.3, -0.25) is 13.8 Å². The second kappa shape index (κ2) is 11.3. The number of benzene rings is 4. The quantitative estimate of drug-likeness (QED) is 0.289. The molecule has 8 nitrogen and oxygen atoms in total. The number of anilines is 3. The summed E-state index contributed by atoms with van der Waals surface area (Å²) in [4.78, 5) is 13.1. The van der Waals surface area contributed by atoms with E-state index in [0.29, 0.717) is 22.6 Å². The number of nitrogens with one attached hydrogen (secondary N) is 2. The van der Waals surface area contributed by atoms with Crippen LogP contribution in [0.5, 0.6) is 0 Å². The van der Waals surface area contributed by atoms with E-state index in [9.17, 15) is 21.6 Å². The maximum Gasteiger partial charge on any atom is 0.264 e. The van der Waals surface area contributed by atoms with Gasteiger partial charge in [-0.1, -0.05) is 42.5 Å². The first-order chi connectivity index (χ1) is 18.5. The third kappa shape index (κ3) is 6.47. The number of hydrogen-bond acceptors (Lipinski definition) is 5. The van der Waals surface area contributed by atoms with Gasteiger partial charge in [0.1, 0.15) is 6.54 Å². The summed E-state index contributed by atoms with van der Waals surface area (Å²) in [5, 5.41) is 2.67. The second-order valence-electron chi connectivity index (χ2n) is 9.09. The van der Waals surface area contributed by atoms with E-state index in [0.717, 1.165) is 15.4 Å². The third-order valence-corrected chi connectivity index (χ3v) is 9.38. The van der Waals surface area contributed by atoms with Crippen LogP contribution in [-0.4, -0.2) is 29.3 Å². The van der Waals surface area contributed by atoms with Crippen LogP contribution in [0.25, 0.3) is 0 Å². The highest BCUT2D eigenvalue weighted by Gasteiger charge is 2.28. The first-order valence-electron chi connectivity index (χ1n) is 12.1. The minimum absolute atomic E-state index is 0.0203. The number of para-hydroxylation sites is 1. The zero-order valence-corrected chi connectivity index (χ0v) is 23.4. The van der Waals surface area contributed by atoms with Gasteiger partial charge in [0.25, 0.3) is 20.0 Å². The van der Waals surface area contributed by atoms with E-state index >= 15 is 0 Å². The third-order valence-electron chi connectivity index (χ3n) is 6.21. The highest BCUT2D eigenvalue weighted by atomic mass is 32.2. The fraction of sp³-hybridized carbons (Fsp3) is 0.138. The lowest BCUT2D eigenvalue weighted by Gasteiger charge is -2.25. The predicted octanol–water partition coefficient (Wildman–Crippen LogP) is 5.25. The van der Waals surface area contributed by atoms with E-state index in [1.54, 1.807) is 61.5 Å². The largest absolute Gasteiger partial charge is 0.325 e. The number of carbonyl (C=O) groups is 1. The van der Waals surface area contributed by atoms with E-state index in [4.69, 9.17) is 0 Å². The molecule has 39 heavy (non-hydrogen) atoms. The summed E-state index contributed by atoms with van der Waals surface area (Å²) < 4.78 is 56.3. The van der Waals surface area contributed by atoms with E-state index < -0.39 is 32.5 Å². The molecular formula is C29H29N3O5S2. The number of aryl methyl sites for hydroxylation is 3. The first-order valence-corrected chi connectivity index (χ1v) is 15.0. The van der Waals surface area contributed by atoms with Gasteiger partial charge < -0.3 is 5.32 Å². The number of amides is 1. The van der Waals surface area contributed by atoms with Crippen molar-refractivity contribution in [3.8, 4) is 0 Å². The SMILES string of the molecule is Cc1ccc(NS(=O)(=O)c2ccc(NC(=O)CN(c3ccccc3C)S(=O)(=O)c3ccccc3)cc2)cc1C. The molecular weight excluding hydrogens is 534 g/mol. The van der Waals surface area contributed by atoms with Gasteiger partial charge in [-0.25, -0.2) is 16.8 Å². The van der Waals surface area contributed by atoms with Gasteiger partial charge in [-0.2, -0.15) is 0 Å². The molecule has 202 valence electrons. The Bertz CT molecular complexity index is 1700.